The van der Waals surface area contributed by atoms with Crippen LogP contribution < -0.4 is 5.32 Å². The summed E-state index contributed by atoms with van der Waals surface area (Å²) in [6.07, 6.45) is 0.897. The maximum Gasteiger partial charge on any atom is 0.242 e. The number of rotatable bonds is 8. The van der Waals surface area contributed by atoms with Gasteiger partial charge in [0.05, 0.1) is 0 Å². The van der Waals surface area contributed by atoms with Gasteiger partial charge in [-0.25, -0.2) is 4.39 Å². The first-order valence-corrected chi connectivity index (χ1v) is 8.55. The Morgan fingerprint density at radius 1 is 1.08 bits per heavy atom. The average molecular weight is 336 g/mol. The van der Waals surface area contributed by atoms with Gasteiger partial charge in [0.2, 0.25) is 11.8 Å². The first-order chi connectivity index (χ1) is 11.2. The lowest BCUT2D eigenvalue weighted by Crippen LogP contribution is -2.49. The number of carbonyl (C=O) groups excluding carboxylic acids is 2. The maximum atomic E-state index is 13.1. The Morgan fingerprint density at radius 2 is 1.67 bits per heavy atom. The topological polar surface area (TPSA) is 49.4 Å². The fourth-order valence-corrected chi connectivity index (χ4v) is 2.30. The molecule has 0 bridgehead atoms. The van der Waals surface area contributed by atoms with Crippen molar-refractivity contribution in [2.45, 2.75) is 53.6 Å². The van der Waals surface area contributed by atoms with Gasteiger partial charge >= 0.3 is 0 Å². The highest BCUT2D eigenvalue weighted by atomic mass is 19.1. The van der Waals surface area contributed by atoms with Crippen molar-refractivity contribution in [1.82, 2.24) is 10.2 Å². The Bertz CT molecular complexity index is 541. The van der Waals surface area contributed by atoms with Crippen molar-refractivity contribution < 1.29 is 14.0 Å². The monoisotopic (exact) mass is 336 g/mol. The first-order valence-electron chi connectivity index (χ1n) is 8.55. The molecule has 0 aliphatic carbocycles. The molecule has 1 N–H and O–H groups in total. The van der Waals surface area contributed by atoms with E-state index < -0.39 is 6.04 Å². The second-order valence-electron chi connectivity index (χ2n) is 6.90. The Kier molecular flexibility index (Phi) is 7.89. The van der Waals surface area contributed by atoms with E-state index in [2.05, 4.69) is 19.2 Å². The van der Waals surface area contributed by atoms with E-state index in [0.29, 0.717) is 12.5 Å². The van der Waals surface area contributed by atoms with Crippen LogP contribution in [0.2, 0.25) is 0 Å². The number of benzene rings is 1. The average Bonchev–Trinajstić information content (AvgIpc) is 2.52. The molecule has 0 heterocycles. The number of hydrogen-bond acceptors (Lipinski definition) is 2. The van der Waals surface area contributed by atoms with Gasteiger partial charge in [-0.3, -0.25) is 9.59 Å². The predicted octanol–water partition coefficient (Wildman–Crippen LogP) is 3.36. The molecule has 0 aliphatic heterocycles. The number of carbonyl (C=O) groups is 2. The number of halogens is 1. The Hall–Kier alpha value is -1.91. The summed E-state index contributed by atoms with van der Waals surface area (Å²) in [5.41, 5.74) is 0.798. The lowest BCUT2D eigenvalue weighted by atomic mass is 10.1. The van der Waals surface area contributed by atoms with Gasteiger partial charge < -0.3 is 10.2 Å². The van der Waals surface area contributed by atoms with Crippen LogP contribution in [-0.4, -0.2) is 29.3 Å². The zero-order chi connectivity index (χ0) is 18.3. The molecule has 2 amide bonds. The Balaban J connectivity index is 2.82. The van der Waals surface area contributed by atoms with Crippen molar-refractivity contribution in [2.24, 2.45) is 11.8 Å². The van der Waals surface area contributed by atoms with E-state index >= 15 is 0 Å². The van der Waals surface area contributed by atoms with Gasteiger partial charge in [-0.1, -0.05) is 39.8 Å². The zero-order valence-corrected chi connectivity index (χ0v) is 15.3. The molecule has 5 heteroatoms. The molecular weight excluding hydrogens is 307 g/mol. The number of amides is 2. The van der Waals surface area contributed by atoms with Crippen LogP contribution >= 0.6 is 0 Å². The highest BCUT2D eigenvalue weighted by Gasteiger charge is 2.27. The largest absolute Gasteiger partial charge is 0.354 e. The van der Waals surface area contributed by atoms with Gasteiger partial charge in [-0.05, 0) is 37.0 Å². The highest BCUT2D eigenvalue weighted by molar-refractivity contribution is 5.88. The second-order valence-corrected chi connectivity index (χ2v) is 6.90. The number of nitrogens with zero attached hydrogens (tertiary/aromatic N) is 1. The molecule has 0 unspecified atom stereocenters. The lowest BCUT2D eigenvalue weighted by Gasteiger charge is -2.30. The summed E-state index contributed by atoms with van der Waals surface area (Å²) in [4.78, 5) is 26.4. The minimum absolute atomic E-state index is 0.0918. The zero-order valence-electron chi connectivity index (χ0n) is 15.3. The SMILES string of the molecule is CC(C)CCNC(=O)[C@@H](C)N(Cc1ccc(F)cc1)C(=O)C(C)C. The van der Waals surface area contributed by atoms with E-state index in [1.807, 2.05) is 13.8 Å². The molecule has 0 aromatic heterocycles. The van der Waals surface area contributed by atoms with Crippen LogP contribution in [0.15, 0.2) is 24.3 Å². The van der Waals surface area contributed by atoms with Crippen LogP contribution in [0.4, 0.5) is 4.39 Å². The van der Waals surface area contributed by atoms with E-state index in [1.165, 1.54) is 12.1 Å². The third kappa shape index (κ3) is 6.30. The molecule has 24 heavy (non-hydrogen) atoms. The standard InChI is InChI=1S/C19H29FN2O2/c1-13(2)10-11-21-18(23)15(5)22(19(24)14(3)4)12-16-6-8-17(20)9-7-16/h6-9,13-15H,10-12H2,1-5H3,(H,21,23)/t15-/m1/s1. The van der Waals surface area contributed by atoms with Gasteiger partial charge in [0, 0.05) is 19.0 Å². The van der Waals surface area contributed by atoms with Crippen molar-refractivity contribution in [1.29, 1.82) is 0 Å². The predicted molar refractivity (Wildman–Crippen MR) is 93.7 cm³/mol. The fraction of sp³-hybridized carbons (Fsp3) is 0.579. The normalized spacial score (nSPS) is 12.3. The lowest BCUT2D eigenvalue weighted by molar-refractivity contribution is -0.143. The summed E-state index contributed by atoms with van der Waals surface area (Å²) in [6.45, 7) is 10.4. The van der Waals surface area contributed by atoms with Crippen LogP contribution in [0, 0.1) is 17.7 Å². The van der Waals surface area contributed by atoms with Crippen molar-refractivity contribution in [3.8, 4) is 0 Å². The molecule has 134 valence electrons. The fourth-order valence-electron chi connectivity index (χ4n) is 2.30. The second kappa shape index (κ2) is 9.40. The summed E-state index contributed by atoms with van der Waals surface area (Å²) in [7, 11) is 0. The van der Waals surface area contributed by atoms with Gasteiger partial charge in [0.15, 0.2) is 0 Å². The van der Waals surface area contributed by atoms with E-state index in [-0.39, 0.29) is 30.1 Å². The van der Waals surface area contributed by atoms with E-state index in [1.54, 1.807) is 24.0 Å². The van der Waals surface area contributed by atoms with Crippen LogP contribution in [0.5, 0.6) is 0 Å². The first kappa shape index (κ1) is 20.1. The summed E-state index contributed by atoms with van der Waals surface area (Å²) in [5.74, 6) is -0.276. The molecule has 1 aromatic rings. The van der Waals surface area contributed by atoms with Crippen molar-refractivity contribution in [3.63, 3.8) is 0 Å². The Morgan fingerprint density at radius 3 is 2.17 bits per heavy atom. The van der Waals surface area contributed by atoms with E-state index in [9.17, 15) is 14.0 Å². The van der Waals surface area contributed by atoms with Crippen molar-refractivity contribution >= 4 is 11.8 Å². The number of nitrogens with one attached hydrogen (secondary N) is 1. The molecule has 1 atom stereocenters. The molecule has 1 aromatic carbocycles. The van der Waals surface area contributed by atoms with Crippen LogP contribution in [0.25, 0.3) is 0 Å². The van der Waals surface area contributed by atoms with Crippen molar-refractivity contribution in [3.05, 3.63) is 35.6 Å². The van der Waals surface area contributed by atoms with Crippen LogP contribution in [0.3, 0.4) is 0 Å². The maximum absolute atomic E-state index is 13.1. The summed E-state index contributed by atoms with van der Waals surface area (Å²) in [5, 5.41) is 2.89. The minimum atomic E-state index is -0.572. The third-order valence-corrected chi connectivity index (χ3v) is 3.91. The summed E-state index contributed by atoms with van der Waals surface area (Å²) < 4.78 is 13.1. The molecule has 0 radical (unpaired) electrons. The summed E-state index contributed by atoms with van der Waals surface area (Å²) >= 11 is 0. The molecule has 0 fully saturated rings. The van der Waals surface area contributed by atoms with Gasteiger partial charge in [-0.15, -0.1) is 0 Å². The van der Waals surface area contributed by atoms with Crippen LogP contribution in [-0.2, 0) is 16.1 Å². The summed E-state index contributed by atoms with van der Waals surface area (Å²) in [6, 6.07) is 5.43. The molecule has 0 aliphatic rings. The van der Waals surface area contributed by atoms with E-state index in [0.717, 1.165) is 12.0 Å². The van der Waals surface area contributed by atoms with Crippen molar-refractivity contribution in [2.75, 3.05) is 6.54 Å². The minimum Gasteiger partial charge on any atom is -0.354 e. The van der Waals surface area contributed by atoms with Gasteiger partial charge in [-0.2, -0.15) is 0 Å². The van der Waals surface area contributed by atoms with Gasteiger partial charge in [0.25, 0.3) is 0 Å². The quantitative estimate of drug-likeness (QED) is 0.791. The molecule has 0 spiro atoms. The smallest absolute Gasteiger partial charge is 0.242 e. The molecular formula is C19H29FN2O2. The molecule has 0 saturated heterocycles. The Labute approximate surface area is 144 Å². The number of hydrogen-bond donors (Lipinski definition) is 1. The highest BCUT2D eigenvalue weighted by Crippen LogP contribution is 2.14. The third-order valence-electron chi connectivity index (χ3n) is 3.91. The van der Waals surface area contributed by atoms with Gasteiger partial charge in [0.1, 0.15) is 11.9 Å². The van der Waals surface area contributed by atoms with E-state index in [4.69, 9.17) is 0 Å². The molecule has 1 rings (SSSR count). The molecule has 4 nitrogen and oxygen atoms in total. The molecule has 0 saturated carbocycles. The van der Waals surface area contributed by atoms with Crippen LogP contribution in [0.1, 0.15) is 46.6 Å².